The second kappa shape index (κ2) is 7.58. The van der Waals surface area contributed by atoms with Crippen LogP contribution in [-0.2, 0) is 6.54 Å². The van der Waals surface area contributed by atoms with Crippen molar-refractivity contribution in [1.82, 2.24) is 10.6 Å². The van der Waals surface area contributed by atoms with E-state index in [4.69, 9.17) is 10.2 Å². The third-order valence-electron chi connectivity index (χ3n) is 2.64. The summed E-state index contributed by atoms with van der Waals surface area (Å²) in [6.07, 6.45) is 1.32. The summed E-state index contributed by atoms with van der Waals surface area (Å²) < 4.78 is 13.1. The van der Waals surface area contributed by atoms with Gasteiger partial charge < -0.3 is 20.8 Å². The number of amides is 2. The van der Waals surface area contributed by atoms with Gasteiger partial charge in [0.05, 0.1) is 0 Å². The number of hydrogen-bond donors (Lipinski definition) is 4. The number of phenols is 1. The molecule has 19 heavy (non-hydrogen) atoms. The predicted octanol–water partition coefficient (Wildman–Crippen LogP) is 1.49. The van der Waals surface area contributed by atoms with Crippen molar-refractivity contribution in [3.05, 3.63) is 29.6 Å². The van der Waals surface area contributed by atoms with Crippen LogP contribution in [0.1, 0.15) is 25.3 Å². The van der Waals surface area contributed by atoms with Gasteiger partial charge in [-0.3, -0.25) is 0 Å². The summed E-state index contributed by atoms with van der Waals surface area (Å²) in [5, 5.41) is 23.0. The van der Waals surface area contributed by atoms with Crippen molar-refractivity contribution in [1.29, 1.82) is 0 Å². The quantitative estimate of drug-likeness (QED) is 0.632. The molecule has 2 amide bonds. The van der Waals surface area contributed by atoms with Crippen LogP contribution in [0.15, 0.2) is 18.2 Å². The second-order valence-corrected chi connectivity index (χ2v) is 4.38. The number of aliphatic hydroxyl groups is 1. The lowest BCUT2D eigenvalue weighted by Gasteiger charge is -2.14. The van der Waals surface area contributed by atoms with Gasteiger partial charge in [-0.05, 0) is 37.5 Å². The Labute approximate surface area is 111 Å². The van der Waals surface area contributed by atoms with Crippen LogP contribution in [0.2, 0.25) is 0 Å². The Bertz CT molecular complexity index is 426. The molecule has 1 unspecified atom stereocenters. The highest BCUT2D eigenvalue weighted by Gasteiger charge is 2.07. The molecule has 0 heterocycles. The van der Waals surface area contributed by atoms with E-state index in [9.17, 15) is 9.18 Å². The Kier molecular flexibility index (Phi) is 6.08. The number of rotatable bonds is 6. The van der Waals surface area contributed by atoms with Crippen LogP contribution >= 0.6 is 0 Å². The molecule has 0 bridgehead atoms. The minimum absolute atomic E-state index is 0.0382. The van der Waals surface area contributed by atoms with Crippen molar-refractivity contribution in [2.45, 2.75) is 32.4 Å². The first-order valence-electron chi connectivity index (χ1n) is 6.15. The maximum Gasteiger partial charge on any atom is 0.315 e. The Morgan fingerprint density at radius 1 is 1.47 bits per heavy atom. The summed E-state index contributed by atoms with van der Waals surface area (Å²) in [5.74, 6) is -1.12. The van der Waals surface area contributed by atoms with Crippen molar-refractivity contribution in [3.8, 4) is 5.75 Å². The molecule has 0 spiro atoms. The largest absolute Gasteiger partial charge is 0.505 e. The average Bonchev–Trinajstić information content (AvgIpc) is 2.38. The van der Waals surface area contributed by atoms with Crippen LogP contribution < -0.4 is 10.6 Å². The molecule has 1 aromatic rings. The molecule has 0 fully saturated rings. The molecule has 0 radical (unpaired) electrons. The van der Waals surface area contributed by atoms with E-state index in [1.807, 2.05) is 6.92 Å². The lowest BCUT2D eigenvalue weighted by Crippen LogP contribution is -2.40. The standard InChI is InChI=1S/C13H19FN2O3/c1-9(3-2-6-17)16-13(19)15-8-10-4-5-12(18)11(14)7-10/h4-5,7,9,17-18H,2-3,6,8H2,1H3,(H2,15,16,19). The zero-order valence-corrected chi connectivity index (χ0v) is 10.8. The average molecular weight is 270 g/mol. The van der Waals surface area contributed by atoms with E-state index >= 15 is 0 Å². The van der Waals surface area contributed by atoms with Gasteiger partial charge in [0, 0.05) is 19.2 Å². The lowest BCUT2D eigenvalue weighted by molar-refractivity contribution is 0.234. The van der Waals surface area contributed by atoms with Crippen LogP contribution in [0.5, 0.6) is 5.75 Å². The van der Waals surface area contributed by atoms with E-state index in [0.29, 0.717) is 18.4 Å². The van der Waals surface area contributed by atoms with Crippen molar-refractivity contribution in [2.24, 2.45) is 0 Å². The molecule has 0 aliphatic carbocycles. The molecule has 1 aromatic carbocycles. The third-order valence-corrected chi connectivity index (χ3v) is 2.64. The van der Waals surface area contributed by atoms with Gasteiger partial charge in [-0.2, -0.15) is 0 Å². The van der Waals surface area contributed by atoms with E-state index in [2.05, 4.69) is 10.6 Å². The first-order valence-corrected chi connectivity index (χ1v) is 6.15. The van der Waals surface area contributed by atoms with Gasteiger partial charge in [0.25, 0.3) is 0 Å². The Morgan fingerprint density at radius 3 is 2.84 bits per heavy atom. The molecule has 4 N–H and O–H groups in total. The van der Waals surface area contributed by atoms with Gasteiger partial charge in [0.15, 0.2) is 11.6 Å². The molecular weight excluding hydrogens is 251 g/mol. The monoisotopic (exact) mass is 270 g/mol. The topological polar surface area (TPSA) is 81.6 Å². The summed E-state index contributed by atoms with van der Waals surface area (Å²) >= 11 is 0. The van der Waals surface area contributed by atoms with Gasteiger partial charge in [0.2, 0.25) is 0 Å². The minimum Gasteiger partial charge on any atom is -0.505 e. The van der Waals surface area contributed by atoms with Crippen LogP contribution in [0.4, 0.5) is 9.18 Å². The van der Waals surface area contributed by atoms with Gasteiger partial charge in [0.1, 0.15) is 0 Å². The summed E-state index contributed by atoms with van der Waals surface area (Å²) in [4.78, 5) is 11.5. The number of phenolic OH excluding ortho intramolecular Hbond substituents is 1. The van der Waals surface area contributed by atoms with Crippen molar-refractivity contribution < 1.29 is 19.4 Å². The van der Waals surface area contributed by atoms with Gasteiger partial charge in [-0.25, -0.2) is 9.18 Å². The predicted molar refractivity (Wildman–Crippen MR) is 69.2 cm³/mol. The molecule has 1 rings (SSSR count). The molecule has 1 atom stereocenters. The highest BCUT2D eigenvalue weighted by molar-refractivity contribution is 5.74. The molecule has 106 valence electrons. The number of carbonyl (C=O) groups is 1. The van der Waals surface area contributed by atoms with Crippen molar-refractivity contribution >= 4 is 6.03 Å². The smallest absolute Gasteiger partial charge is 0.315 e. The zero-order valence-electron chi connectivity index (χ0n) is 10.8. The van der Waals surface area contributed by atoms with E-state index in [1.54, 1.807) is 0 Å². The molecule has 0 aliphatic heterocycles. The highest BCUT2D eigenvalue weighted by Crippen LogP contribution is 2.15. The SMILES string of the molecule is CC(CCCO)NC(=O)NCc1ccc(O)c(F)c1. The molecule has 0 aromatic heterocycles. The molecule has 0 saturated heterocycles. The number of carbonyl (C=O) groups excluding carboxylic acids is 1. The molecule has 6 heteroatoms. The fraction of sp³-hybridized carbons (Fsp3) is 0.462. The Hall–Kier alpha value is -1.82. The van der Waals surface area contributed by atoms with Crippen LogP contribution in [-0.4, -0.2) is 28.9 Å². The zero-order chi connectivity index (χ0) is 14.3. The maximum atomic E-state index is 13.1. The summed E-state index contributed by atoms with van der Waals surface area (Å²) in [6, 6.07) is 3.56. The number of benzene rings is 1. The second-order valence-electron chi connectivity index (χ2n) is 4.38. The number of halogens is 1. The number of hydrogen-bond acceptors (Lipinski definition) is 3. The summed E-state index contributed by atoms with van der Waals surface area (Å²) in [6.45, 7) is 2.12. The fourth-order valence-corrected chi connectivity index (χ4v) is 1.59. The van der Waals surface area contributed by atoms with E-state index in [-0.39, 0.29) is 25.2 Å². The number of aromatic hydroxyl groups is 1. The first kappa shape index (κ1) is 15.2. The Balaban J connectivity index is 2.35. The van der Waals surface area contributed by atoms with Crippen molar-refractivity contribution in [3.63, 3.8) is 0 Å². The van der Waals surface area contributed by atoms with E-state index in [1.165, 1.54) is 18.2 Å². The van der Waals surface area contributed by atoms with Crippen LogP contribution in [0, 0.1) is 5.82 Å². The molecule has 0 saturated carbocycles. The van der Waals surface area contributed by atoms with Crippen molar-refractivity contribution in [2.75, 3.05) is 6.61 Å². The Morgan fingerprint density at radius 2 is 2.21 bits per heavy atom. The summed E-state index contributed by atoms with van der Waals surface area (Å²) in [5.41, 5.74) is 0.563. The molecular formula is C13H19FN2O3. The lowest BCUT2D eigenvalue weighted by atomic mass is 10.2. The van der Waals surface area contributed by atoms with Gasteiger partial charge in [-0.15, -0.1) is 0 Å². The van der Waals surface area contributed by atoms with Crippen LogP contribution in [0.25, 0.3) is 0 Å². The molecule has 0 aliphatic rings. The number of aliphatic hydroxyl groups excluding tert-OH is 1. The van der Waals surface area contributed by atoms with Crippen LogP contribution in [0.3, 0.4) is 0 Å². The summed E-state index contributed by atoms with van der Waals surface area (Å²) in [7, 11) is 0. The number of urea groups is 1. The highest BCUT2D eigenvalue weighted by atomic mass is 19.1. The normalized spacial score (nSPS) is 11.9. The first-order chi connectivity index (χ1) is 9.02. The number of nitrogens with one attached hydrogen (secondary N) is 2. The van der Waals surface area contributed by atoms with E-state index < -0.39 is 11.6 Å². The third kappa shape index (κ3) is 5.56. The van der Waals surface area contributed by atoms with Gasteiger partial charge >= 0.3 is 6.03 Å². The minimum atomic E-state index is -0.712. The van der Waals surface area contributed by atoms with E-state index in [0.717, 1.165) is 0 Å². The molecule has 5 nitrogen and oxygen atoms in total. The maximum absolute atomic E-state index is 13.1. The van der Waals surface area contributed by atoms with Gasteiger partial charge in [-0.1, -0.05) is 6.07 Å². The fourth-order valence-electron chi connectivity index (χ4n) is 1.59.